The molecule has 5 nitrogen and oxygen atoms in total. The van der Waals surface area contributed by atoms with E-state index in [-0.39, 0.29) is 17.4 Å². The van der Waals surface area contributed by atoms with Crippen molar-refractivity contribution in [3.8, 4) is 0 Å². The van der Waals surface area contributed by atoms with Gasteiger partial charge in [-0.05, 0) is 25.2 Å². The summed E-state index contributed by atoms with van der Waals surface area (Å²) in [7, 11) is -2.86. The van der Waals surface area contributed by atoms with Crippen molar-refractivity contribution in [2.45, 2.75) is 25.3 Å². The van der Waals surface area contributed by atoms with E-state index in [0.29, 0.717) is 19.3 Å². The summed E-state index contributed by atoms with van der Waals surface area (Å²) in [6, 6.07) is -0.860. The number of nitrogens with two attached hydrogens (primary N) is 1. The zero-order chi connectivity index (χ0) is 10.8. The largest absolute Gasteiger partial charge is 0.480 e. The summed E-state index contributed by atoms with van der Waals surface area (Å²) < 4.78 is 22.1. The summed E-state index contributed by atoms with van der Waals surface area (Å²) in [5.74, 6) is -0.531. The summed E-state index contributed by atoms with van der Waals surface area (Å²) in [5.41, 5.74) is 5.37. The number of carboxylic acids is 1. The zero-order valence-electron chi connectivity index (χ0n) is 7.85. The van der Waals surface area contributed by atoms with Crippen LogP contribution in [0.5, 0.6) is 0 Å². The van der Waals surface area contributed by atoms with Crippen molar-refractivity contribution in [3.05, 3.63) is 0 Å². The molecule has 1 rings (SSSR count). The van der Waals surface area contributed by atoms with E-state index in [9.17, 15) is 13.2 Å². The Labute approximate surface area is 83.2 Å². The zero-order valence-corrected chi connectivity index (χ0v) is 8.66. The highest BCUT2D eigenvalue weighted by molar-refractivity contribution is 7.91. The van der Waals surface area contributed by atoms with E-state index in [1.807, 2.05) is 0 Å². The minimum Gasteiger partial charge on any atom is -0.480 e. The third-order valence-electron chi connectivity index (χ3n) is 2.58. The standard InChI is InChI=1S/C8H15NO4S/c9-7(8(10)11)5-6-1-3-14(12,13)4-2-6/h6-7H,1-5,9H2,(H,10,11). The molecular formula is C8H15NO4S. The minimum absolute atomic E-state index is 0.143. The third-order valence-corrected chi connectivity index (χ3v) is 4.29. The molecule has 1 aliphatic rings. The average Bonchev–Trinajstić information content (AvgIpc) is 2.08. The van der Waals surface area contributed by atoms with Gasteiger partial charge in [0.25, 0.3) is 0 Å². The van der Waals surface area contributed by atoms with Crippen LogP contribution in [0.1, 0.15) is 19.3 Å². The number of rotatable bonds is 3. The topological polar surface area (TPSA) is 97.5 Å². The van der Waals surface area contributed by atoms with Crippen LogP contribution >= 0.6 is 0 Å². The maximum Gasteiger partial charge on any atom is 0.320 e. The van der Waals surface area contributed by atoms with Crippen molar-refractivity contribution in [2.75, 3.05) is 11.5 Å². The van der Waals surface area contributed by atoms with E-state index in [0.717, 1.165) is 0 Å². The van der Waals surface area contributed by atoms with Crippen molar-refractivity contribution in [1.29, 1.82) is 0 Å². The summed E-state index contributed by atoms with van der Waals surface area (Å²) in [5, 5.41) is 8.57. The van der Waals surface area contributed by atoms with Gasteiger partial charge in [-0.25, -0.2) is 8.42 Å². The van der Waals surface area contributed by atoms with Gasteiger partial charge in [-0.3, -0.25) is 4.79 Å². The second-order valence-corrected chi connectivity index (χ2v) is 6.08. The van der Waals surface area contributed by atoms with Gasteiger partial charge >= 0.3 is 5.97 Å². The first-order valence-electron chi connectivity index (χ1n) is 4.59. The summed E-state index contributed by atoms with van der Waals surface area (Å²) in [6.07, 6.45) is 1.47. The third kappa shape index (κ3) is 3.26. The lowest BCUT2D eigenvalue weighted by atomic mass is 9.95. The van der Waals surface area contributed by atoms with Crippen LogP contribution in [0.15, 0.2) is 0 Å². The lowest BCUT2D eigenvalue weighted by molar-refractivity contribution is -0.138. The normalized spacial score (nSPS) is 24.4. The fourth-order valence-corrected chi connectivity index (χ4v) is 3.22. The van der Waals surface area contributed by atoms with Crippen LogP contribution in [0.3, 0.4) is 0 Å². The molecule has 3 N–H and O–H groups in total. The minimum atomic E-state index is -2.86. The smallest absolute Gasteiger partial charge is 0.320 e. The molecule has 14 heavy (non-hydrogen) atoms. The predicted molar refractivity (Wildman–Crippen MR) is 51.6 cm³/mol. The van der Waals surface area contributed by atoms with Gasteiger partial charge in [0.1, 0.15) is 15.9 Å². The fourth-order valence-electron chi connectivity index (χ4n) is 1.63. The number of carbonyl (C=O) groups is 1. The molecule has 0 spiro atoms. The molecule has 0 aromatic rings. The van der Waals surface area contributed by atoms with Crippen molar-refractivity contribution in [3.63, 3.8) is 0 Å². The lowest BCUT2D eigenvalue weighted by Crippen LogP contribution is -2.35. The van der Waals surface area contributed by atoms with Gasteiger partial charge < -0.3 is 10.8 Å². The Balaban J connectivity index is 2.40. The van der Waals surface area contributed by atoms with Gasteiger partial charge in [-0.2, -0.15) is 0 Å². The van der Waals surface area contributed by atoms with Crippen LogP contribution in [0.4, 0.5) is 0 Å². The van der Waals surface area contributed by atoms with E-state index in [2.05, 4.69) is 0 Å². The number of carboxylic acid groups (broad SMARTS) is 1. The molecule has 1 aliphatic heterocycles. The average molecular weight is 221 g/mol. The van der Waals surface area contributed by atoms with Crippen molar-refractivity contribution >= 4 is 15.8 Å². The molecule has 0 saturated carbocycles. The first-order valence-corrected chi connectivity index (χ1v) is 6.41. The monoisotopic (exact) mass is 221 g/mol. The van der Waals surface area contributed by atoms with Gasteiger partial charge in [0.05, 0.1) is 11.5 Å². The van der Waals surface area contributed by atoms with Crippen LogP contribution < -0.4 is 5.73 Å². The Bertz CT molecular complexity index is 297. The maximum absolute atomic E-state index is 11.1. The molecule has 1 unspecified atom stereocenters. The Morgan fingerprint density at radius 3 is 2.36 bits per heavy atom. The van der Waals surface area contributed by atoms with Crippen LogP contribution in [0, 0.1) is 5.92 Å². The van der Waals surface area contributed by atoms with Crippen molar-refractivity contribution in [2.24, 2.45) is 11.7 Å². The molecule has 6 heteroatoms. The highest BCUT2D eigenvalue weighted by Gasteiger charge is 2.26. The lowest BCUT2D eigenvalue weighted by Gasteiger charge is -2.22. The van der Waals surface area contributed by atoms with E-state index in [4.69, 9.17) is 10.8 Å². The van der Waals surface area contributed by atoms with Gasteiger partial charge in [0.15, 0.2) is 0 Å². The molecule has 1 fully saturated rings. The number of hydrogen-bond donors (Lipinski definition) is 2. The van der Waals surface area contributed by atoms with Crippen LogP contribution in [-0.2, 0) is 14.6 Å². The second kappa shape index (κ2) is 4.27. The molecule has 1 atom stereocenters. The molecule has 1 saturated heterocycles. The summed E-state index contributed by atoms with van der Waals surface area (Å²) in [4.78, 5) is 10.5. The maximum atomic E-state index is 11.1. The van der Waals surface area contributed by atoms with E-state index in [1.54, 1.807) is 0 Å². The van der Waals surface area contributed by atoms with Gasteiger partial charge in [-0.15, -0.1) is 0 Å². The highest BCUT2D eigenvalue weighted by atomic mass is 32.2. The molecule has 0 aromatic carbocycles. The molecule has 0 aliphatic carbocycles. The second-order valence-electron chi connectivity index (χ2n) is 3.78. The van der Waals surface area contributed by atoms with Crippen molar-refractivity contribution < 1.29 is 18.3 Å². The Morgan fingerprint density at radius 2 is 1.93 bits per heavy atom. The van der Waals surface area contributed by atoms with E-state index in [1.165, 1.54) is 0 Å². The number of sulfone groups is 1. The van der Waals surface area contributed by atoms with E-state index >= 15 is 0 Å². The van der Waals surface area contributed by atoms with Crippen LogP contribution in [0.2, 0.25) is 0 Å². The molecular weight excluding hydrogens is 206 g/mol. The molecule has 0 bridgehead atoms. The SMILES string of the molecule is NC(CC1CCS(=O)(=O)CC1)C(=O)O. The van der Waals surface area contributed by atoms with Crippen LogP contribution in [0.25, 0.3) is 0 Å². The van der Waals surface area contributed by atoms with Crippen LogP contribution in [-0.4, -0.2) is 37.0 Å². The molecule has 0 amide bonds. The van der Waals surface area contributed by atoms with E-state index < -0.39 is 21.8 Å². The highest BCUT2D eigenvalue weighted by Crippen LogP contribution is 2.22. The first-order chi connectivity index (χ1) is 6.41. The van der Waals surface area contributed by atoms with Gasteiger partial charge in [0.2, 0.25) is 0 Å². The predicted octanol–water partition coefficient (Wildman–Crippen LogP) is -0.387. The quantitative estimate of drug-likeness (QED) is 0.676. The fraction of sp³-hybridized carbons (Fsp3) is 0.875. The molecule has 0 radical (unpaired) electrons. The first kappa shape index (κ1) is 11.5. The van der Waals surface area contributed by atoms with Crippen molar-refractivity contribution in [1.82, 2.24) is 0 Å². The molecule has 82 valence electrons. The Hall–Kier alpha value is -0.620. The Morgan fingerprint density at radius 1 is 1.43 bits per heavy atom. The molecule has 0 aromatic heterocycles. The number of hydrogen-bond acceptors (Lipinski definition) is 4. The Kier molecular flexibility index (Phi) is 3.49. The van der Waals surface area contributed by atoms with Gasteiger partial charge in [-0.1, -0.05) is 0 Å². The summed E-state index contributed by atoms with van der Waals surface area (Å²) >= 11 is 0. The van der Waals surface area contributed by atoms with Gasteiger partial charge in [0, 0.05) is 0 Å². The number of aliphatic carboxylic acids is 1. The molecule has 1 heterocycles. The summed E-state index contributed by atoms with van der Waals surface area (Å²) in [6.45, 7) is 0.